The number of hydrogen-bond donors (Lipinski definition) is 15. The topological polar surface area (TPSA) is 483 Å². The number of benzene rings is 4. The highest BCUT2D eigenvalue weighted by molar-refractivity contribution is 5.88. The number of phenols is 3. The van der Waals surface area contributed by atoms with Crippen LogP contribution in [0.25, 0.3) is 34.8 Å². The minimum Gasteiger partial charge on any atom is -0.508 e. The quantitative estimate of drug-likeness (QED) is 0.0198. The lowest BCUT2D eigenvalue weighted by molar-refractivity contribution is -0.357. The van der Waals surface area contributed by atoms with Gasteiger partial charge in [-0.1, -0.05) is 12.1 Å². The van der Waals surface area contributed by atoms with Crippen LogP contribution in [0.5, 0.6) is 40.2 Å². The van der Waals surface area contributed by atoms with E-state index in [9.17, 15) is 91.0 Å². The van der Waals surface area contributed by atoms with Crippen molar-refractivity contribution in [3.63, 3.8) is 0 Å². The summed E-state index contributed by atoms with van der Waals surface area (Å²) in [6, 6.07) is 16.8. The lowest BCUT2D eigenvalue weighted by atomic mass is 9.97. The summed E-state index contributed by atoms with van der Waals surface area (Å²) >= 11 is 0. The highest BCUT2D eigenvalue weighted by atomic mass is 16.8. The zero-order valence-electron chi connectivity index (χ0n) is 47.5. The van der Waals surface area contributed by atoms with Gasteiger partial charge in [0, 0.05) is 23.8 Å². The van der Waals surface area contributed by atoms with Crippen molar-refractivity contribution in [1.82, 2.24) is 0 Å². The summed E-state index contributed by atoms with van der Waals surface area (Å²) in [5, 5.41) is 162. The largest absolute Gasteiger partial charge is 0.510 e. The van der Waals surface area contributed by atoms with Crippen LogP contribution in [0.1, 0.15) is 11.1 Å². The molecule has 0 bridgehead atoms. The zero-order chi connectivity index (χ0) is 64.8. The fraction of sp³-hybridized carbons (Fsp3) is 0.441. The van der Waals surface area contributed by atoms with E-state index < -0.39 is 178 Å². The fourth-order valence-electron chi connectivity index (χ4n) is 10.0. The number of aliphatic hydroxyl groups is 12. The average Bonchev–Trinajstić information content (AvgIpc) is 0.785. The molecule has 0 radical (unpaired) electrons. The third-order valence-corrected chi connectivity index (χ3v) is 15.0. The van der Waals surface area contributed by atoms with Crippen LogP contribution >= 0.6 is 0 Å². The van der Waals surface area contributed by atoms with Gasteiger partial charge in [0.25, 0.3) is 0 Å². The van der Waals surface area contributed by atoms with Gasteiger partial charge >= 0.3 is 11.9 Å². The molecule has 0 unspecified atom stereocenters. The van der Waals surface area contributed by atoms with Gasteiger partial charge in [0.2, 0.25) is 19.2 Å². The molecule has 90 heavy (non-hydrogen) atoms. The number of aliphatic hydroxyl groups excluding tert-OH is 12. The normalized spacial score (nSPS) is 32.2. The molecule has 488 valence electrons. The Bertz CT molecular complexity index is 3330. The Morgan fingerprint density at radius 3 is 1.61 bits per heavy atom. The van der Waals surface area contributed by atoms with Crippen LogP contribution in [-0.2, 0) is 42.7 Å². The Labute approximate surface area is 508 Å². The van der Waals surface area contributed by atoms with Gasteiger partial charge in [-0.15, -0.1) is 0 Å². The molecule has 16 N–H and O–H groups in total. The van der Waals surface area contributed by atoms with Crippen LogP contribution in [0.15, 0.2) is 100 Å². The molecular formula is C59H67O31+. The molecule has 5 heterocycles. The third kappa shape index (κ3) is 14.9. The van der Waals surface area contributed by atoms with Gasteiger partial charge in [-0.3, -0.25) is 4.79 Å². The Kier molecular flexibility index (Phi) is 21.6. The summed E-state index contributed by atoms with van der Waals surface area (Å²) in [7, 11) is 2.65. The van der Waals surface area contributed by atoms with Crippen LogP contribution < -0.4 is 24.4 Å². The zero-order valence-corrected chi connectivity index (χ0v) is 47.5. The molecule has 4 saturated heterocycles. The smallest absolute Gasteiger partial charge is 0.508 e. The van der Waals surface area contributed by atoms with Crippen molar-refractivity contribution < 1.29 is 147 Å². The van der Waals surface area contributed by atoms with E-state index in [4.69, 9.17) is 61.3 Å². The Morgan fingerprint density at radius 2 is 1.01 bits per heavy atom. The first-order valence-corrected chi connectivity index (χ1v) is 27.7. The molecule has 1 aliphatic carbocycles. The lowest BCUT2D eigenvalue weighted by Crippen LogP contribution is -2.65. The highest BCUT2D eigenvalue weighted by Gasteiger charge is 2.54. The summed E-state index contributed by atoms with van der Waals surface area (Å²) in [6.07, 6.45) is -33.7. The third-order valence-electron chi connectivity index (χ3n) is 15.0. The van der Waals surface area contributed by atoms with Crippen molar-refractivity contribution in [2.24, 2.45) is 0 Å². The average molecular weight is 1270 g/mol. The van der Waals surface area contributed by atoms with E-state index in [0.717, 1.165) is 24.3 Å². The van der Waals surface area contributed by atoms with Crippen LogP contribution in [0.2, 0.25) is 0 Å². The Morgan fingerprint density at radius 1 is 0.511 bits per heavy atom. The minimum atomic E-state index is -2.18. The van der Waals surface area contributed by atoms with Gasteiger partial charge in [-0.25, -0.2) is 4.79 Å². The molecule has 3 aromatic carbocycles. The maximum absolute atomic E-state index is 13.4. The molecule has 3 aromatic rings. The maximum atomic E-state index is 13.4. The van der Waals surface area contributed by atoms with Crippen molar-refractivity contribution in [2.75, 3.05) is 40.6 Å². The van der Waals surface area contributed by atoms with Crippen LogP contribution in [0, 0.1) is 0 Å². The van der Waals surface area contributed by atoms with E-state index in [-0.39, 0.29) is 51.4 Å². The van der Waals surface area contributed by atoms with Gasteiger partial charge in [0.15, 0.2) is 58.6 Å². The van der Waals surface area contributed by atoms with Crippen molar-refractivity contribution >= 4 is 24.1 Å². The molecule has 4 fully saturated rings. The Hall–Kier alpha value is -7.61. The number of esters is 2. The molecule has 31 nitrogen and oxygen atoms in total. The summed E-state index contributed by atoms with van der Waals surface area (Å²) < 4.78 is 74.9. The second kappa shape index (κ2) is 29.1. The van der Waals surface area contributed by atoms with E-state index >= 15 is 0 Å². The number of carbonyl (C=O) groups is 1. The minimum absolute atomic E-state index is 0.0932. The molecule has 20 atom stereocenters. The van der Waals surface area contributed by atoms with Crippen molar-refractivity contribution in [3.05, 3.63) is 112 Å². The summed E-state index contributed by atoms with van der Waals surface area (Å²) in [5.41, 5.74) is -0.000750. The molecule has 0 aromatic heterocycles. The molecular weight excluding hydrogens is 1200 g/mol. The molecule has 5 aliphatic heterocycles. The summed E-state index contributed by atoms with van der Waals surface area (Å²) in [4.78, 5) is 37.2. The number of ether oxygens (including phenoxy) is 12. The van der Waals surface area contributed by atoms with Crippen molar-refractivity contribution in [1.29, 1.82) is 0 Å². The summed E-state index contributed by atoms with van der Waals surface area (Å²) in [6.45, 7) is -3.35. The first-order chi connectivity index (χ1) is 43.0. The van der Waals surface area contributed by atoms with Gasteiger partial charge in [0.1, 0.15) is 115 Å². The number of hydrogen-bond acceptors (Lipinski definition) is 30. The highest BCUT2D eigenvalue weighted by Crippen LogP contribution is 2.44. The van der Waals surface area contributed by atoms with E-state index in [2.05, 4.69) is 0 Å². The second-order valence-corrected chi connectivity index (χ2v) is 21.0. The number of fused-ring (bicyclic) bond motifs is 1. The predicted molar refractivity (Wildman–Crippen MR) is 300 cm³/mol. The van der Waals surface area contributed by atoms with Crippen molar-refractivity contribution in [3.8, 4) is 62.9 Å². The maximum Gasteiger partial charge on any atom is 0.510 e. The fourth-order valence-corrected chi connectivity index (χ4v) is 10.0. The second-order valence-electron chi connectivity index (χ2n) is 21.0. The monoisotopic (exact) mass is 1270 g/mol. The van der Waals surface area contributed by atoms with Crippen LogP contribution in [0.4, 0.5) is 0 Å². The van der Waals surface area contributed by atoms with Gasteiger partial charge in [0.05, 0.1) is 39.1 Å². The number of phenolic OH excluding ortho intramolecular Hbond substituents is 3. The number of aromatic hydroxyl groups is 3. The molecule has 31 heteroatoms. The number of carbonyl (C=O) groups excluding carboxylic acids is 2. The van der Waals surface area contributed by atoms with Crippen LogP contribution in [0.3, 0.4) is 0 Å². The number of rotatable bonds is 21. The van der Waals surface area contributed by atoms with E-state index in [1.54, 1.807) is 0 Å². The molecule has 9 rings (SSSR count). The van der Waals surface area contributed by atoms with Crippen molar-refractivity contribution in [2.45, 2.75) is 123 Å². The van der Waals surface area contributed by atoms with E-state index in [0.29, 0.717) is 11.1 Å². The SMILES string of the molecule is COc1cc(C=CC(=O)OC[C@H]2O[C@@H](Oc3cc4c(O[C@@H]5O[C@H](CO)[C@@H](O[C@@H]6O[C@H](CO)[C@@H](O)[C@H](O)[C@H]6O)[C@H](O)[C@H]5O)cc(=O)cc-4oc3-c3ccc(O)cc3)[C@H](O[C@@H]3O[C@H](COC(=[OH+])C=Cc4ccc(O)c(OC)c4)[C@@H](O)[C@H](O)[C@H]3O)[C@@H](O)[C@@H]2O)ccc1O. The lowest BCUT2D eigenvalue weighted by Gasteiger charge is -2.46. The van der Waals surface area contributed by atoms with E-state index in [1.165, 1.54) is 93.1 Å². The van der Waals surface area contributed by atoms with Gasteiger partial charge in [-0.05, 0) is 77.9 Å². The van der Waals surface area contributed by atoms with E-state index in [1.807, 2.05) is 0 Å². The van der Waals surface area contributed by atoms with Gasteiger partial charge in [-0.2, -0.15) is 0 Å². The standard InChI is InChI=1S/C59H66O31/c1-78-34-15-24(3-11-30(34)64)5-13-41(66)80-22-39-44(69)47(72)51(76)58(87-39)90-55-48(73)45(70)40(23-81-42(67)14-6-25-4-12-31(65)35(16-25)79-2)88-59(55)84-36-19-29-32(82-53(36)26-7-9-27(62)10-8-26)17-28(63)18-33(29)83-56-52(77)49(74)54(38(21-61)86-56)89-57-50(75)46(71)43(68)37(20-60)85-57/h3-19,37-40,43-52,54-62,64-65,68-77H,20-23H2,1-2H3/p+1/t37-,38-,39-,40-,43-,44-,45-,46+,47+,48+,49-,50-,51-,52-,54-,55-,56-,57+,58+,59-/m1/s1. The first kappa shape index (κ1) is 66.8. The molecule has 0 amide bonds. The Balaban J connectivity index is 1.02. The van der Waals surface area contributed by atoms with Crippen LogP contribution in [-0.4, -0.2) is 257 Å². The van der Waals surface area contributed by atoms with Gasteiger partial charge < -0.3 is 143 Å². The molecule has 0 spiro atoms. The molecule has 0 saturated carbocycles. The summed E-state index contributed by atoms with van der Waals surface area (Å²) in [5.74, 6) is -3.47. The first-order valence-electron chi connectivity index (χ1n) is 27.7. The predicted octanol–water partition coefficient (Wildman–Crippen LogP) is -2.94. The molecule has 6 aliphatic rings. The number of methoxy groups -OCH3 is 2.